The third-order valence-electron chi connectivity index (χ3n) is 7.46. The average molecular weight is 575 g/mol. The number of para-hydroxylation sites is 1. The first-order valence-corrected chi connectivity index (χ1v) is 15.3. The number of aromatic nitrogens is 4. The summed E-state index contributed by atoms with van der Waals surface area (Å²) in [4.78, 5) is 25.6. The lowest BCUT2D eigenvalue weighted by Crippen LogP contribution is -2.39. The topological polar surface area (TPSA) is 143 Å². The van der Waals surface area contributed by atoms with Gasteiger partial charge in [-0.25, -0.2) is 27.5 Å². The van der Waals surface area contributed by atoms with Crippen molar-refractivity contribution in [2.45, 2.75) is 89.9 Å². The number of nitrogens with one attached hydrogen (secondary N) is 4. The Morgan fingerprint density at radius 2 is 1.62 bits per heavy atom. The Labute approximate surface area is 234 Å². The van der Waals surface area contributed by atoms with Crippen molar-refractivity contribution in [1.29, 1.82) is 0 Å². The van der Waals surface area contributed by atoms with Gasteiger partial charge in [0.25, 0.3) is 0 Å². The van der Waals surface area contributed by atoms with Gasteiger partial charge in [-0.05, 0) is 63.5 Å². The Bertz CT molecular complexity index is 1430. The SMILES string of the molecule is C.CC(=O)NC1CCC(n2c(Nc3ccccc3F)nc3cnc(NC4CCC(NS(C)(=O)=O)CC4)nc32)CC1. The minimum Gasteiger partial charge on any atom is -0.354 e. The molecule has 2 saturated carbocycles. The molecule has 0 radical (unpaired) electrons. The Morgan fingerprint density at radius 3 is 2.27 bits per heavy atom. The first kappa shape index (κ1) is 29.7. The molecule has 0 spiro atoms. The molecule has 2 aliphatic carbocycles. The van der Waals surface area contributed by atoms with Crippen molar-refractivity contribution >= 4 is 44.7 Å². The number of carbonyl (C=O) groups excluding carboxylic acids is 1. The van der Waals surface area contributed by atoms with Crippen molar-refractivity contribution in [3.05, 3.63) is 36.3 Å². The number of nitrogens with zero attached hydrogens (tertiary/aromatic N) is 4. The third kappa shape index (κ3) is 7.25. The minimum atomic E-state index is -3.23. The monoisotopic (exact) mass is 574 g/mol. The summed E-state index contributed by atoms with van der Waals surface area (Å²) in [6.07, 6.45) is 9.19. The number of fused-ring (bicyclic) bond motifs is 1. The van der Waals surface area contributed by atoms with Crippen molar-refractivity contribution in [1.82, 2.24) is 29.6 Å². The molecule has 3 aromatic rings. The van der Waals surface area contributed by atoms with E-state index in [1.165, 1.54) is 19.2 Å². The highest BCUT2D eigenvalue weighted by atomic mass is 32.2. The van der Waals surface area contributed by atoms with Gasteiger partial charge >= 0.3 is 0 Å². The van der Waals surface area contributed by atoms with E-state index in [-0.39, 0.29) is 43.3 Å². The molecule has 1 amide bonds. The number of anilines is 3. The molecule has 2 heterocycles. The maximum atomic E-state index is 14.5. The van der Waals surface area contributed by atoms with Gasteiger partial charge in [0.1, 0.15) is 11.3 Å². The van der Waals surface area contributed by atoms with E-state index in [9.17, 15) is 17.6 Å². The molecule has 2 aliphatic rings. The predicted molar refractivity (Wildman–Crippen MR) is 154 cm³/mol. The molecule has 13 heteroatoms. The zero-order valence-corrected chi connectivity index (χ0v) is 23.0. The Morgan fingerprint density at radius 1 is 0.975 bits per heavy atom. The second-order valence-corrected chi connectivity index (χ2v) is 12.4. The quantitative estimate of drug-likeness (QED) is 0.313. The van der Waals surface area contributed by atoms with Crippen LogP contribution < -0.4 is 20.7 Å². The molecular weight excluding hydrogens is 535 g/mol. The maximum absolute atomic E-state index is 14.5. The summed E-state index contributed by atoms with van der Waals surface area (Å²) >= 11 is 0. The molecule has 2 fully saturated rings. The van der Waals surface area contributed by atoms with Crippen LogP contribution in [-0.2, 0) is 14.8 Å². The zero-order chi connectivity index (χ0) is 27.6. The van der Waals surface area contributed by atoms with E-state index in [2.05, 4.69) is 25.7 Å². The van der Waals surface area contributed by atoms with E-state index in [0.717, 1.165) is 51.4 Å². The van der Waals surface area contributed by atoms with Gasteiger partial charge in [0, 0.05) is 31.1 Å². The van der Waals surface area contributed by atoms with Gasteiger partial charge in [-0.1, -0.05) is 19.6 Å². The van der Waals surface area contributed by atoms with Crippen molar-refractivity contribution in [2.75, 3.05) is 16.9 Å². The number of amides is 1. The molecule has 0 atom stereocenters. The molecule has 5 rings (SSSR count). The van der Waals surface area contributed by atoms with Crippen molar-refractivity contribution in [2.24, 2.45) is 0 Å². The predicted octanol–water partition coefficient (Wildman–Crippen LogP) is 4.24. The fourth-order valence-corrected chi connectivity index (χ4v) is 6.53. The normalized spacial score (nSPS) is 23.3. The molecule has 40 heavy (non-hydrogen) atoms. The van der Waals surface area contributed by atoms with Crippen LogP contribution in [0, 0.1) is 5.82 Å². The van der Waals surface area contributed by atoms with Crippen LogP contribution in [0.1, 0.15) is 71.8 Å². The average Bonchev–Trinajstić information content (AvgIpc) is 3.23. The van der Waals surface area contributed by atoms with E-state index in [4.69, 9.17) is 9.97 Å². The van der Waals surface area contributed by atoms with Crippen LogP contribution in [0.15, 0.2) is 30.5 Å². The minimum absolute atomic E-state index is 0. The second-order valence-electron chi connectivity index (χ2n) is 10.6. The van der Waals surface area contributed by atoms with E-state index in [1.807, 2.05) is 4.57 Å². The zero-order valence-electron chi connectivity index (χ0n) is 22.2. The summed E-state index contributed by atoms with van der Waals surface area (Å²) in [6, 6.07) is 6.74. The lowest BCUT2D eigenvalue weighted by atomic mass is 9.91. The Balaban J connectivity index is 0.00000370. The summed E-state index contributed by atoms with van der Waals surface area (Å²) in [5.41, 5.74) is 1.58. The van der Waals surface area contributed by atoms with Crippen LogP contribution in [0.25, 0.3) is 11.2 Å². The first-order chi connectivity index (χ1) is 18.6. The Hall–Kier alpha value is -3.32. The summed E-state index contributed by atoms with van der Waals surface area (Å²) in [6.45, 7) is 1.53. The number of hydrogen-bond donors (Lipinski definition) is 4. The lowest BCUT2D eigenvalue weighted by molar-refractivity contribution is -0.119. The summed E-state index contributed by atoms with van der Waals surface area (Å²) in [5, 5.41) is 9.59. The number of rotatable bonds is 8. The number of halogens is 1. The van der Waals surface area contributed by atoms with E-state index < -0.39 is 10.0 Å². The molecule has 2 aromatic heterocycles. The Kier molecular flexibility index (Phi) is 9.24. The van der Waals surface area contributed by atoms with E-state index >= 15 is 0 Å². The van der Waals surface area contributed by atoms with Crippen LogP contribution in [0.2, 0.25) is 0 Å². The molecule has 0 aliphatic heterocycles. The molecule has 218 valence electrons. The highest BCUT2D eigenvalue weighted by Gasteiger charge is 2.28. The first-order valence-electron chi connectivity index (χ1n) is 13.4. The number of imidazole rings is 1. The van der Waals surface area contributed by atoms with Crippen LogP contribution in [0.3, 0.4) is 0 Å². The van der Waals surface area contributed by atoms with Gasteiger partial charge in [-0.3, -0.25) is 9.36 Å². The second kappa shape index (κ2) is 12.5. The number of sulfonamides is 1. The molecular formula is C27H39FN8O3S. The van der Waals surface area contributed by atoms with Gasteiger partial charge in [-0.2, -0.15) is 4.98 Å². The smallest absolute Gasteiger partial charge is 0.224 e. The maximum Gasteiger partial charge on any atom is 0.224 e. The molecule has 4 N–H and O–H groups in total. The van der Waals surface area contributed by atoms with Crippen molar-refractivity contribution in [3.8, 4) is 0 Å². The van der Waals surface area contributed by atoms with Gasteiger partial charge in [0.05, 0.1) is 18.1 Å². The molecule has 1 aromatic carbocycles. The van der Waals surface area contributed by atoms with E-state index in [0.29, 0.717) is 28.7 Å². The third-order valence-corrected chi connectivity index (χ3v) is 8.22. The number of hydrogen-bond acceptors (Lipinski definition) is 8. The largest absolute Gasteiger partial charge is 0.354 e. The molecule has 0 unspecified atom stereocenters. The molecule has 0 bridgehead atoms. The summed E-state index contributed by atoms with van der Waals surface area (Å²) in [7, 11) is -3.23. The van der Waals surface area contributed by atoms with Gasteiger partial charge in [0.15, 0.2) is 5.65 Å². The van der Waals surface area contributed by atoms with Crippen molar-refractivity contribution < 1.29 is 17.6 Å². The van der Waals surface area contributed by atoms with E-state index in [1.54, 1.807) is 24.4 Å². The van der Waals surface area contributed by atoms with Crippen LogP contribution in [-0.4, -0.2) is 58.2 Å². The van der Waals surface area contributed by atoms with Gasteiger partial charge in [-0.15, -0.1) is 0 Å². The van der Waals surface area contributed by atoms with Crippen LogP contribution >= 0.6 is 0 Å². The fourth-order valence-electron chi connectivity index (χ4n) is 5.68. The standard InChI is InChI=1S/C26H35FN8O3S.CH4/c1-16(36)29-17-11-13-20(14-12-17)35-24-23(32-26(35)31-22-6-4-3-5-21(22)27)15-28-25(33-24)30-18-7-9-19(10-8-18)34-39(2,37)38;/h3-6,15,17-20,34H,7-14H2,1-2H3,(H,29,36)(H,31,32)(H,28,30,33);1H4. The van der Waals surface area contributed by atoms with Gasteiger partial charge < -0.3 is 16.0 Å². The highest BCUT2D eigenvalue weighted by Crippen LogP contribution is 2.35. The lowest BCUT2D eigenvalue weighted by Gasteiger charge is -2.31. The summed E-state index contributed by atoms with van der Waals surface area (Å²) < 4.78 is 42.4. The fraction of sp³-hybridized carbons (Fsp3) is 0.556. The van der Waals surface area contributed by atoms with Crippen LogP contribution in [0.5, 0.6) is 0 Å². The van der Waals surface area contributed by atoms with Crippen LogP contribution in [0.4, 0.5) is 22.0 Å². The number of benzene rings is 1. The summed E-state index contributed by atoms with van der Waals surface area (Å²) in [5.74, 6) is 0.572. The number of carbonyl (C=O) groups is 1. The molecule has 0 saturated heterocycles. The molecule has 11 nitrogen and oxygen atoms in total. The highest BCUT2D eigenvalue weighted by molar-refractivity contribution is 7.88. The van der Waals surface area contributed by atoms with Gasteiger partial charge in [0.2, 0.25) is 27.8 Å². The van der Waals surface area contributed by atoms with Crippen molar-refractivity contribution in [3.63, 3.8) is 0 Å².